The van der Waals surface area contributed by atoms with Crippen molar-refractivity contribution >= 4 is 5.82 Å². The molecule has 2 rings (SSSR count). The van der Waals surface area contributed by atoms with Gasteiger partial charge in [0.2, 0.25) is 0 Å². The molecule has 1 aliphatic rings. The van der Waals surface area contributed by atoms with Crippen molar-refractivity contribution in [3.63, 3.8) is 0 Å². The molecule has 0 aromatic carbocycles. The van der Waals surface area contributed by atoms with Gasteiger partial charge in [0.25, 0.3) is 0 Å². The van der Waals surface area contributed by atoms with E-state index < -0.39 is 11.7 Å². The van der Waals surface area contributed by atoms with Crippen LogP contribution < -0.4 is 4.90 Å². The molecular formula is C14H19F3N2O. The number of hydrogen-bond donors (Lipinski definition) is 0. The normalized spacial score (nSPS) is 21.9. The zero-order valence-electron chi connectivity index (χ0n) is 12.1. The molecule has 0 atom stereocenters. The Balaban J connectivity index is 2.23. The highest BCUT2D eigenvalue weighted by molar-refractivity contribution is 5.41. The van der Waals surface area contributed by atoms with Crippen LogP contribution in [0, 0.1) is 0 Å². The molecular weight excluding hydrogens is 269 g/mol. The van der Waals surface area contributed by atoms with E-state index in [1.165, 1.54) is 6.07 Å². The summed E-state index contributed by atoms with van der Waals surface area (Å²) in [5, 5.41) is 0. The van der Waals surface area contributed by atoms with Crippen molar-refractivity contribution in [1.29, 1.82) is 0 Å². The Morgan fingerprint density at radius 3 is 2.05 bits per heavy atom. The van der Waals surface area contributed by atoms with Crippen LogP contribution in [-0.2, 0) is 10.9 Å². The third-order valence-corrected chi connectivity index (χ3v) is 3.10. The van der Waals surface area contributed by atoms with Crippen molar-refractivity contribution in [1.82, 2.24) is 4.98 Å². The highest BCUT2D eigenvalue weighted by Gasteiger charge is 2.39. The van der Waals surface area contributed by atoms with E-state index >= 15 is 0 Å². The fourth-order valence-electron chi connectivity index (χ4n) is 2.69. The van der Waals surface area contributed by atoms with Crippen LogP contribution in [0.25, 0.3) is 0 Å². The first-order valence-electron chi connectivity index (χ1n) is 6.47. The van der Waals surface area contributed by atoms with Crippen molar-refractivity contribution in [2.24, 2.45) is 0 Å². The topological polar surface area (TPSA) is 25.4 Å². The average molecular weight is 288 g/mol. The lowest BCUT2D eigenvalue weighted by atomic mass is 9.99. The van der Waals surface area contributed by atoms with Gasteiger partial charge in [0, 0.05) is 19.3 Å². The molecule has 0 radical (unpaired) electrons. The molecule has 1 aromatic heterocycles. The maximum absolute atomic E-state index is 12.5. The van der Waals surface area contributed by atoms with E-state index in [0.29, 0.717) is 18.9 Å². The molecule has 1 aromatic rings. The van der Waals surface area contributed by atoms with Gasteiger partial charge >= 0.3 is 6.18 Å². The molecule has 0 amide bonds. The van der Waals surface area contributed by atoms with E-state index in [1.54, 1.807) is 0 Å². The van der Waals surface area contributed by atoms with Crippen molar-refractivity contribution < 1.29 is 17.9 Å². The number of aromatic nitrogens is 1. The van der Waals surface area contributed by atoms with Gasteiger partial charge in [-0.1, -0.05) is 0 Å². The Labute approximate surface area is 116 Å². The predicted molar refractivity (Wildman–Crippen MR) is 70.7 cm³/mol. The number of morpholine rings is 1. The van der Waals surface area contributed by atoms with Crippen LogP contribution >= 0.6 is 0 Å². The van der Waals surface area contributed by atoms with E-state index in [9.17, 15) is 13.2 Å². The van der Waals surface area contributed by atoms with E-state index in [-0.39, 0.29) is 11.2 Å². The van der Waals surface area contributed by atoms with Crippen LogP contribution in [0.4, 0.5) is 19.0 Å². The summed E-state index contributed by atoms with van der Waals surface area (Å²) < 4.78 is 43.5. The molecule has 0 spiro atoms. The lowest BCUT2D eigenvalue weighted by Crippen LogP contribution is -2.57. The molecule has 1 fully saturated rings. The first kappa shape index (κ1) is 15.1. The van der Waals surface area contributed by atoms with Crippen LogP contribution in [0.15, 0.2) is 18.3 Å². The number of alkyl halides is 3. The molecule has 0 aliphatic carbocycles. The molecule has 20 heavy (non-hydrogen) atoms. The fourth-order valence-corrected chi connectivity index (χ4v) is 2.69. The first-order valence-corrected chi connectivity index (χ1v) is 6.47. The number of halogens is 3. The summed E-state index contributed by atoms with van der Waals surface area (Å²) in [4.78, 5) is 5.91. The molecule has 112 valence electrons. The second-order valence-electron chi connectivity index (χ2n) is 6.38. The Bertz CT molecular complexity index is 464. The predicted octanol–water partition coefficient (Wildman–Crippen LogP) is 3.49. The zero-order chi connectivity index (χ0) is 15.2. The lowest BCUT2D eigenvalue weighted by Gasteiger charge is -2.47. The van der Waals surface area contributed by atoms with Gasteiger partial charge in [0.1, 0.15) is 5.82 Å². The summed E-state index contributed by atoms with van der Waals surface area (Å²) >= 11 is 0. The number of pyridine rings is 1. The van der Waals surface area contributed by atoms with Crippen LogP contribution in [0.1, 0.15) is 33.3 Å². The van der Waals surface area contributed by atoms with Crippen LogP contribution in [-0.4, -0.2) is 29.3 Å². The van der Waals surface area contributed by atoms with Gasteiger partial charge in [-0.3, -0.25) is 0 Å². The molecule has 1 saturated heterocycles. The number of ether oxygens (including phenoxy) is 1. The molecule has 2 heterocycles. The Kier molecular flexibility index (Phi) is 3.48. The highest BCUT2D eigenvalue weighted by atomic mass is 19.4. The van der Waals surface area contributed by atoms with Crippen molar-refractivity contribution in [3.8, 4) is 0 Å². The third-order valence-electron chi connectivity index (χ3n) is 3.10. The lowest BCUT2D eigenvalue weighted by molar-refractivity contribution is -0.138. The third kappa shape index (κ3) is 3.42. The second kappa shape index (κ2) is 4.62. The van der Waals surface area contributed by atoms with Gasteiger partial charge in [-0.05, 0) is 39.8 Å². The average Bonchev–Trinajstić information content (AvgIpc) is 2.24. The summed E-state index contributed by atoms with van der Waals surface area (Å²) in [7, 11) is 0. The quantitative estimate of drug-likeness (QED) is 0.791. The van der Waals surface area contributed by atoms with Crippen LogP contribution in [0.2, 0.25) is 0 Å². The minimum atomic E-state index is -4.35. The Hall–Kier alpha value is -1.30. The van der Waals surface area contributed by atoms with Crippen molar-refractivity contribution in [2.45, 2.75) is 45.1 Å². The van der Waals surface area contributed by atoms with Gasteiger partial charge in [0.05, 0.1) is 16.8 Å². The number of anilines is 1. The van der Waals surface area contributed by atoms with Gasteiger partial charge in [0.15, 0.2) is 0 Å². The molecule has 6 heteroatoms. The largest absolute Gasteiger partial charge is 0.417 e. The second-order valence-corrected chi connectivity index (χ2v) is 6.38. The number of nitrogens with zero attached hydrogens (tertiary/aromatic N) is 2. The maximum Gasteiger partial charge on any atom is 0.417 e. The number of hydrogen-bond acceptors (Lipinski definition) is 3. The highest BCUT2D eigenvalue weighted by Crippen LogP contribution is 2.32. The van der Waals surface area contributed by atoms with Gasteiger partial charge in [-0.25, -0.2) is 4.98 Å². The Morgan fingerprint density at radius 1 is 1.10 bits per heavy atom. The standard InChI is InChI=1S/C14H19F3N2O/c1-12(2)8-19(9-13(3,4)20-12)11-6-5-10(7-18-11)14(15,16)17/h5-7H,8-9H2,1-4H3. The van der Waals surface area contributed by atoms with E-state index in [0.717, 1.165) is 12.3 Å². The SMILES string of the molecule is CC1(C)CN(c2ccc(C(F)(F)F)cn2)CC(C)(C)O1. The molecule has 1 aliphatic heterocycles. The molecule has 0 saturated carbocycles. The summed E-state index contributed by atoms with van der Waals surface area (Å²) in [6.45, 7) is 9.04. The smallest absolute Gasteiger partial charge is 0.366 e. The molecule has 0 unspecified atom stereocenters. The molecule has 0 bridgehead atoms. The zero-order valence-corrected chi connectivity index (χ0v) is 12.1. The van der Waals surface area contributed by atoms with Crippen LogP contribution in [0.3, 0.4) is 0 Å². The minimum Gasteiger partial charge on any atom is -0.366 e. The van der Waals surface area contributed by atoms with E-state index in [4.69, 9.17) is 4.74 Å². The van der Waals surface area contributed by atoms with E-state index in [1.807, 2.05) is 32.6 Å². The maximum atomic E-state index is 12.5. The number of rotatable bonds is 1. The van der Waals surface area contributed by atoms with Gasteiger partial charge < -0.3 is 9.64 Å². The van der Waals surface area contributed by atoms with Crippen LogP contribution in [0.5, 0.6) is 0 Å². The monoisotopic (exact) mass is 288 g/mol. The summed E-state index contributed by atoms with van der Waals surface area (Å²) in [6, 6.07) is 2.48. The minimum absolute atomic E-state index is 0.369. The van der Waals surface area contributed by atoms with Gasteiger partial charge in [-0.15, -0.1) is 0 Å². The summed E-state index contributed by atoms with van der Waals surface area (Å²) in [6.07, 6.45) is -3.47. The van der Waals surface area contributed by atoms with E-state index in [2.05, 4.69) is 4.98 Å². The first-order chi connectivity index (χ1) is 8.99. The molecule has 0 N–H and O–H groups in total. The Morgan fingerprint density at radius 2 is 1.65 bits per heavy atom. The molecule has 3 nitrogen and oxygen atoms in total. The summed E-state index contributed by atoms with van der Waals surface area (Å²) in [5.41, 5.74) is -1.47. The van der Waals surface area contributed by atoms with Gasteiger partial charge in [-0.2, -0.15) is 13.2 Å². The van der Waals surface area contributed by atoms with Crippen molar-refractivity contribution in [3.05, 3.63) is 23.9 Å². The van der Waals surface area contributed by atoms with Crippen molar-refractivity contribution in [2.75, 3.05) is 18.0 Å². The summed E-state index contributed by atoms with van der Waals surface area (Å²) in [5.74, 6) is 0.544. The fraction of sp³-hybridized carbons (Fsp3) is 0.643.